The van der Waals surface area contributed by atoms with E-state index < -0.39 is 0 Å². The van der Waals surface area contributed by atoms with E-state index in [4.69, 9.17) is 28.3 Å². The second-order valence-electron chi connectivity index (χ2n) is 4.37. The highest BCUT2D eigenvalue weighted by Gasteiger charge is 2.09. The maximum Gasteiger partial charge on any atom is 0.658 e. The molecule has 1 radical (unpaired) electrons. The maximum atomic E-state index is 5.43. The molecule has 0 amide bonds. The van der Waals surface area contributed by atoms with Gasteiger partial charge in [0.2, 0.25) is 0 Å². The zero-order valence-electron chi connectivity index (χ0n) is 13.5. The largest absolute Gasteiger partial charge is 0.658 e. The molecule has 0 saturated carbocycles. The van der Waals surface area contributed by atoms with Gasteiger partial charge in [-0.3, -0.25) is 0 Å². The Hall–Kier alpha value is -2.70. The van der Waals surface area contributed by atoms with Crippen molar-refractivity contribution in [3.63, 3.8) is 0 Å². The summed E-state index contributed by atoms with van der Waals surface area (Å²) in [4.78, 5) is 0. The van der Waals surface area contributed by atoms with Gasteiger partial charge in [-0.1, -0.05) is 0 Å². The summed E-state index contributed by atoms with van der Waals surface area (Å²) in [5.74, 6) is 3.52. The van der Waals surface area contributed by atoms with Crippen LogP contribution in [0.25, 0.3) is 0 Å². The van der Waals surface area contributed by atoms with Crippen LogP contribution in [-0.2, 0) is 0 Å². The smallest absolute Gasteiger partial charge is 0.526 e. The second-order valence-corrected chi connectivity index (χ2v) is 4.37. The van der Waals surface area contributed by atoms with Crippen molar-refractivity contribution in [1.82, 2.24) is 0 Å². The quantitative estimate of drug-likeness (QED) is 0.698. The van der Waals surface area contributed by atoms with E-state index in [2.05, 4.69) is 0 Å². The van der Waals surface area contributed by atoms with Gasteiger partial charge in [-0.2, -0.15) is 0 Å². The molecule has 0 aliphatic rings. The van der Waals surface area contributed by atoms with E-state index >= 15 is 0 Å². The Balaban J connectivity index is 1.97. The average Bonchev–Trinajstić information content (AvgIpc) is 2.61. The molecule has 0 aliphatic carbocycles. The predicted octanol–water partition coefficient (Wildman–Crippen LogP) is 2.71. The molecule has 0 N–H and O–H groups in total. The first-order valence-electron chi connectivity index (χ1n) is 6.81. The standard InChI is InChI=1S/C16H18BO6/c1-18-13-7-5-11(9-15(13)20-3)22-17-23-12-6-8-14(19-2)16(10-12)21-4/h5-10H,1-4H3. The van der Waals surface area contributed by atoms with Crippen molar-refractivity contribution in [3.05, 3.63) is 36.4 Å². The number of benzene rings is 2. The normalized spacial score (nSPS) is 9.74. The summed E-state index contributed by atoms with van der Waals surface area (Å²) in [5.41, 5.74) is 0. The van der Waals surface area contributed by atoms with E-state index in [-0.39, 0.29) is 0 Å². The molecule has 0 fully saturated rings. The summed E-state index contributed by atoms with van der Waals surface area (Å²) < 4.78 is 31.6. The third-order valence-electron chi connectivity index (χ3n) is 3.08. The highest BCUT2D eigenvalue weighted by molar-refractivity contribution is 6.20. The van der Waals surface area contributed by atoms with Crippen LogP contribution in [0.4, 0.5) is 0 Å². The maximum absolute atomic E-state index is 5.43. The minimum atomic E-state index is 0.558. The summed E-state index contributed by atoms with van der Waals surface area (Å²) in [6, 6.07) is 10.4. The van der Waals surface area contributed by atoms with Crippen LogP contribution in [0, 0.1) is 0 Å². The fourth-order valence-corrected chi connectivity index (χ4v) is 1.91. The Morgan fingerprint density at radius 2 is 0.957 bits per heavy atom. The minimum absolute atomic E-state index is 0.558. The topological polar surface area (TPSA) is 55.4 Å². The molecule has 0 spiro atoms. The molecule has 0 heterocycles. The fraction of sp³-hybridized carbons (Fsp3) is 0.250. The third-order valence-corrected chi connectivity index (χ3v) is 3.08. The average molecular weight is 317 g/mol. The van der Waals surface area contributed by atoms with E-state index in [1.54, 1.807) is 64.8 Å². The van der Waals surface area contributed by atoms with Crippen molar-refractivity contribution >= 4 is 7.69 Å². The lowest BCUT2D eigenvalue weighted by molar-refractivity contribution is 0.351. The van der Waals surface area contributed by atoms with Crippen molar-refractivity contribution in [3.8, 4) is 34.5 Å². The molecule has 2 aromatic rings. The Morgan fingerprint density at radius 3 is 1.30 bits per heavy atom. The lowest BCUT2D eigenvalue weighted by Crippen LogP contribution is -2.11. The Bertz CT molecular complexity index is 591. The third kappa shape index (κ3) is 4.15. The Morgan fingerprint density at radius 1 is 0.565 bits per heavy atom. The van der Waals surface area contributed by atoms with Crippen molar-refractivity contribution < 1.29 is 28.3 Å². The van der Waals surface area contributed by atoms with Gasteiger partial charge in [0, 0.05) is 12.1 Å². The molecular formula is C16H18BO6. The van der Waals surface area contributed by atoms with Crippen LogP contribution in [0.1, 0.15) is 0 Å². The zero-order valence-corrected chi connectivity index (χ0v) is 13.5. The molecule has 0 saturated heterocycles. The molecule has 0 unspecified atom stereocenters. The molecule has 2 aromatic carbocycles. The molecule has 0 aliphatic heterocycles. The summed E-state index contributed by atoms with van der Waals surface area (Å²) in [5, 5.41) is 0. The first-order valence-corrected chi connectivity index (χ1v) is 6.81. The molecule has 2 rings (SSSR count). The van der Waals surface area contributed by atoms with Gasteiger partial charge < -0.3 is 28.3 Å². The molecule has 6 nitrogen and oxygen atoms in total. The summed E-state index contributed by atoms with van der Waals surface area (Å²) in [6.45, 7) is 0. The zero-order chi connectivity index (χ0) is 16.7. The summed E-state index contributed by atoms with van der Waals surface area (Å²) >= 11 is 0. The van der Waals surface area contributed by atoms with Gasteiger partial charge >= 0.3 is 7.69 Å². The molecule has 0 bridgehead atoms. The first-order chi connectivity index (χ1) is 11.2. The molecule has 0 atom stereocenters. The van der Waals surface area contributed by atoms with Gasteiger partial charge in [-0.05, 0) is 24.3 Å². The van der Waals surface area contributed by atoms with E-state index in [0.29, 0.717) is 34.5 Å². The summed E-state index contributed by atoms with van der Waals surface area (Å²) in [6.07, 6.45) is 0. The molecule has 0 aromatic heterocycles. The van der Waals surface area contributed by atoms with Crippen molar-refractivity contribution in [2.75, 3.05) is 28.4 Å². The van der Waals surface area contributed by atoms with Gasteiger partial charge in [0.1, 0.15) is 11.5 Å². The van der Waals surface area contributed by atoms with E-state index in [1.807, 2.05) is 0 Å². The number of hydrogen-bond acceptors (Lipinski definition) is 6. The van der Waals surface area contributed by atoms with Crippen LogP contribution in [0.3, 0.4) is 0 Å². The van der Waals surface area contributed by atoms with Crippen molar-refractivity contribution in [1.29, 1.82) is 0 Å². The van der Waals surface area contributed by atoms with Crippen molar-refractivity contribution in [2.45, 2.75) is 0 Å². The Kier molecular flexibility index (Phi) is 5.85. The number of hydrogen-bond donors (Lipinski definition) is 0. The lowest BCUT2D eigenvalue weighted by atomic mass is 10.2. The van der Waals surface area contributed by atoms with Gasteiger partial charge in [-0.25, -0.2) is 0 Å². The summed E-state index contributed by atoms with van der Waals surface area (Å²) in [7, 11) is 7.49. The van der Waals surface area contributed by atoms with E-state index in [1.165, 1.54) is 7.69 Å². The van der Waals surface area contributed by atoms with E-state index in [0.717, 1.165) is 0 Å². The highest BCUT2D eigenvalue weighted by Crippen LogP contribution is 2.32. The van der Waals surface area contributed by atoms with Gasteiger partial charge in [0.05, 0.1) is 28.4 Å². The highest BCUT2D eigenvalue weighted by atomic mass is 16.6. The SMILES string of the molecule is COc1ccc(O[B]Oc2ccc(OC)c(OC)c2)cc1OC. The van der Waals surface area contributed by atoms with Gasteiger partial charge in [0.15, 0.2) is 23.0 Å². The minimum Gasteiger partial charge on any atom is -0.526 e. The number of ether oxygens (including phenoxy) is 4. The predicted molar refractivity (Wildman–Crippen MR) is 86.1 cm³/mol. The lowest BCUT2D eigenvalue weighted by Gasteiger charge is -2.12. The van der Waals surface area contributed by atoms with Crippen LogP contribution in [0.2, 0.25) is 0 Å². The van der Waals surface area contributed by atoms with E-state index in [9.17, 15) is 0 Å². The van der Waals surface area contributed by atoms with Crippen molar-refractivity contribution in [2.24, 2.45) is 0 Å². The number of methoxy groups -OCH3 is 4. The van der Waals surface area contributed by atoms with Crippen LogP contribution in [-0.4, -0.2) is 36.1 Å². The van der Waals surface area contributed by atoms with Crippen LogP contribution in [0.15, 0.2) is 36.4 Å². The van der Waals surface area contributed by atoms with Crippen LogP contribution in [0.5, 0.6) is 34.5 Å². The van der Waals surface area contributed by atoms with Crippen LogP contribution >= 0.6 is 0 Å². The van der Waals surface area contributed by atoms with Gasteiger partial charge in [-0.15, -0.1) is 0 Å². The number of rotatable bonds is 8. The molecular weight excluding hydrogens is 299 g/mol. The van der Waals surface area contributed by atoms with Crippen LogP contribution < -0.4 is 28.3 Å². The Labute approximate surface area is 136 Å². The first kappa shape index (κ1) is 16.7. The monoisotopic (exact) mass is 317 g/mol. The van der Waals surface area contributed by atoms with Gasteiger partial charge in [0.25, 0.3) is 0 Å². The molecule has 7 heteroatoms. The molecule has 121 valence electrons. The second kappa shape index (κ2) is 8.07. The fourth-order valence-electron chi connectivity index (χ4n) is 1.91. The molecule has 23 heavy (non-hydrogen) atoms.